The van der Waals surface area contributed by atoms with Crippen molar-refractivity contribution in [3.63, 3.8) is 0 Å². The Hall–Kier alpha value is -0.755. The van der Waals surface area contributed by atoms with E-state index in [0.717, 1.165) is 0 Å². The van der Waals surface area contributed by atoms with Crippen molar-refractivity contribution in [2.75, 3.05) is 0 Å². The zero-order valence-electron chi connectivity index (χ0n) is 12.2. The van der Waals surface area contributed by atoms with Gasteiger partial charge in [-0.2, -0.15) is 0 Å². The SMILES string of the molecule is CC1(C)OB(c2cnc3c(ccn3SF)c2Cl)OC1(C)C. The summed E-state index contributed by atoms with van der Waals surface area (Å²) < 4.78 is 26.0. The second kappa shape index (κ2) is 4.88. The Labute approximate surface area is 132 Å². The highest BCUT2D eigenvalue weighted by Gasteiger charge is 2.52. The zero-order valence-corrected chi connectivity index (χ0v) is 13.8. The lowest BCUT2D eigenvalue weighted by Crippen LogP contribution is -2.41. The molecule has 3 heterocycles. The molecule has 112 valence electrons. The first kappa shape index (κ1) is 15.2. The fraction of sp³-hybridized carbons (Fsp3) is 0.462. The molecule has 0 aliphatic carbocycles. The van der Waals surface area contributed by atoms with Crippen LogP contribution in [0.25, 0.3) is 11.0 Å². The average Bonchev–Trinajstić information content (AvgIpc) is 2.89. The minimum Gasteiger partial charge on any atom is -0.399 e. The maximum Gasteiger partial charge on any atom is 0.497 e. The van der Waals surface area contributed by atoms with Gasteiger partial charge in [0.15, 0.2) is 18.0 Å². The van der Waals surface area contributed by atoms with E-state index in [-0.39, 0.29) is 12.3 Å². The first-order valence-corrected chi connectivity index (χ1v) is 7.62. The average molecular weight is 329 g/mol. The highest BCUT2D eigenvalue weighted by Crippen LogP contribution is 2.37. The van der Waals surface area contributed by atoms with Gasteiger partial charge in [-0.25, -0.2) is 8.96 Å². The van der Waals surface area contributed by atoms with Crippen molar-refractivity contribution in [1.29, 1.82) is 0 Å². The molecule has 2 aromatic rings. The summed E-state index contributed by atoms with van der Waals surface area (Å²) >= 11 is 6.52. The van der Waals surface area contributed by atoms with Crippen molar-refractivity contribution in [2.24, 2.45) is 0 Å². The standard InChI is InChI=1S/C13H15BClFN2O2S/c1-12(2)13(3,4)20-14(19-12)9-7-17-11-8(10(9)15)5-6-18(11)21-16/h5-7H,1-4H3. The summed E-state index contributed by atoms with van der Waals surface area (Å²) in [4.78, 5) is 4.27. The van der Waals surface area contributed by atoms with E-state index in [1.54, 1.807) is 18.5 Å². The van der Waals surface area contributed by atoms with Gasteiger partial charge in [0.25, 0.3) is 0 Å². The predicted octanol–water partition coefficient (Wildman–Crippen LogP) is 3.37. The first-order chi connectivity index (χ1) is 9.77. The molecule has 0 radical (unpaired) electrons. The van der Waals surface area contributed by atoms with Crippen LogP contribution in [0.4, 0.5) is 3.89 Å². The van der Waals surface area contributed by atoms with Gasteiger partial charge in [0.1, 0.15) is 0 Å². The Bertz CT molecular complexity index is 691. The van der Waals surface area contributed by atoms with E-state index in [1.165, 1.54) is 3.97 Å². The van der Waals surface area contributed by atoms with E-state index in [4.69, 9.17) is 20.9 Å². The summed E-state index contributed by atoms with van der Waals surface area (Å²) in [6.07, 6.45) is 3.17. The maximum atomic E-state index is 12.8. The normalized spacial score (nSPS) is 20.4. The zero-order chi connectivity index (χ0) is 15.4. The minimum atomic E-state index is -0.583. The minimum absolute atomic E-state index is 0.0843. The van der Waals surface area contributed by atoms with Gasteiger partial charge in [-0.15, -0.1) is 3.89 Å². The van der Waals surface area contributed by atoms with Crippen molar-refractivity contribution in [3.8, 4) is 0 Å². The van der Waals surface area contributed by atoms with E-state index in [9.17, 15) is 3.89 Å². The van der Waals surface area contributed by atoms with Gasteiger partial charge in [0.05, 0.1) is 16.2 Å². The summed E-state index contributed by atoms with van der Waals surface area (Å²) in [5, 5.41) is 1.15. The van der Waals surface area contributed by atoms with Gasteiger partial charge in [-0.05, 0) is 33.8 Å². The highest BCUT2D eigenvalue weighted by atomic mass is 35.5. The monoisotopic (exact) mass is 328 g/mol. The van der Waals surface area contributed by atoms with Crippen LogP contribution >= 0.6 is 23.9 Å². The van der Waals surface area contributed by atoms with E-state index in [1.807, 2.05) is 27.7 Å². The fourth-order valence-electron chi connectivity index (χ4n) is 2.24. The Kier molecular flexibility index (Phi) is 3.52. The number of fused-ring (bicyclic) bond motifs is 1. The molecule has 21 heavy (non-hydrogen) atoms. The van der Waals surface area contributed by atoms with Crippen molar-refractivity contribution in [3.05, 3.63) is 23.5 Å². The third kappa shape index (κ3) is 2.27. The van der Waals surface area contributed by atoms with Crippen LogP contribution in [0.2, 0.25) is 5.02 Å². The van der Waals surface area contributed by atoms with E-state index < -0.39 is 18.3 Å². The van der Waals surface area contributed by atoms with Crippen LogP contribution in [-0.2, 0) is 9.31 Å². The van der Waals surface area contributed by atoms with Crippen molar-refractivity contribution >= 4 is 47.5 Å². The molecular formula is C13H15BClFN2O2S. The number of hydrogen-bond acceptors (Lipinski definition) is 4. The summed E-state index contributed by atoms with van der Waals surface area (Å²) in [7, 11) is -0.583. The van der Waals surface area contributed by atoms with Gasteiger partial charge in [-0.3, -0.25) is 0 Å². The van der Waals surface area contributed by atoms with Gasteiger partial charge in [-0.1, -0.05) is 11.6 Å². The number of aromatic nitrogens is 2. The second-order valence-electron chi connectivity index (χ2n) is 6.06. The van der Waals surface area contributed by atoms with E-state index >= 15 is 0 Å². The third-order valence-electron chi connectivity index (χ3n) is 4.22. The molecule has 0 bridgehead atoms. The molecule has 1 aliphatic rings. The van der Waals surface area contributed by atoms with Crippen molar-refractivity contribution in [1.82, 2.24) is 8.96 Å². The quantitative estimate of drug-likeness (QED) is 0.792. The summed E-state index contributed by atoms with van der Waals surface area (Å²) in [6.45, 7) is 7.90. The lowest BCUT2D eigenvalue weighted by atomic mass is 9.80. The molecule has 1 fully saturated rings. The molecule has 0 amide bonds. The number of halogens is 2. The number of hydrogen-bond donors (Lipinski definition) is 0. The molecule has 1 aliphatic heterocycles. The molecule has 4 nitrogen and oxygen atoms in total. The van der Waals surface area contributed by atoms with Crippen LogP contribution in [-0.4, -0.2) is 27.3 Å². The van der Waals surface area contributed by atoms with Crippen LogP contribution in [0.3, 0.4) is 0 Å². The molecule has 2 aromatic heterocycles. The lowest BCUT2D eigenvalue weighted by Gasteiger charge is -2.32. The number of pyridine rings is 1. The molecular weight excluding hydrogens is 313 g/mol. The van der Waals surface area contributed by atoms with Crippen LogP contribution < -0.4 is 5.46 Å². The Balaban J connectivity index is 2.05. The fourth-order valence-corrected chi connectivity index (χ4v) is 2.84. The van der Waals surface area contributed by atoms with E-state index in [2.05, 4.69) is 4.98 Å². The number of rotatable bonds is 2. The maximum absolute atomic E-state index is 12.8. The van der Waals surface area contributed by atoms with Crippen LogP contribution in [0.15, 0.2) is 18.5 Å². The lowest BCUT2D eigenvalue weighted by molar-refractivity contribution is 0.00578. The third-order valence-corrected chi connectivity index (χ3v) is 5.09. The highest BCUT2D eigenvalue weighted by molar-refractivity contribution is 7.92. The molecule has 0 N–H and O–H groups in total. The van der Waals surface area contributed by atoms with Crippen molar-refractivity contribution < 1.29 is 13.2 Å². The largest absolute Gasteiger partial charge is 0.497 e. The van der Waals surface area contributed by atoms with Gasteiger partial charge in [0, 0.05) is 23.2 Å². The summed E-state index contributed by atoms with van der Waals surface area (Å²) in [5.41, 5.74) is 0.241. The molecule has 0 unspecified atom stereocenters. The Morgan fingerprint density at radius 3 is 2.48 bits per heavy atom. The van der Waals surface area contributed by atoms with Crippen molar-refractivity contribution in [2.45, 2.75) is 38.9 Å². The first-order valence-electron chi connectivity index (χ1n) is 6.57. The molecule has 1 saturated heterocycles. The molecule has 0 aromatic carbocycles. The molecule has 0 saturated carbocycles. The van der Waals surface area contributed by atoms with Crippen LogP contribution in [0.1, 0.15) is 27.7 Å². The Morgan fingerprint density at radius 2 is 1.90 bits per heavy atom. The summed E-state index contributed by atoms with van der Waals surface area (Å²) in [5.74, 6) is 0. The van der Waals surface area contributed by atoms with Gasteiger partial charge >= 0.3 is 7.12 Å². The predicted molar refractivity (Wildman–Crippen MR) is 84.6 cm³/mol. The second-order valence-corrected chi connectivity index (χ2v) is 6.97. The topological polar surface area (TPSA) is 36.3 Å². The van der Waals surface area contributed by atoms with Gasteiger partial charge in [0.2, 0.25) is 0 Å². The molecule has 3 rings (SSSR count). The molecule has 0 spiro atoms. The van der Waals surface area contributed by atoms with Crippen LogP contribution in [0, 0.1) is 0 Å². The van der Waals surface area contributed by atoms with E-state index in [0.29, 0.717) is 21.5 Å². The smallest absolute Gasteiger partial charge is 0.399 e. The summed E-state index contributed by atoms with van der Waals surface area (Å²) in [6, 6.07) is 1.73. The Morgan fingerprint density at radius 1 is 1.29 bits per heavy atom. The van der Waals surface area contributed by atoms with Crippen LogP contribution in [0.5, 0.6) is 0 Å². The molecule has 8 heteroatoms. The molecule has 0 atom stereocenters. The van der Waals surface area contributed by atoms with Gasteiger partial charge < -0.3 is 9.31 Å². The number of nitrogens with zero attached hydrogens (tertiary/aromatic N) is 2.